The molecule has 50 heavy (non-hydrogen) atoms. The standard InChI is InChI=1S/C48H42N2/c1-27(33-18-12-14-30-24-37(30)33)34-15-6-5-7-20-40(34)49-28(2)50-41-22-21-29-13-8-9-16-35(29)44(41)46-42(50)26-32-23-31-25-38(31)47-43(32)45(46)36-17-10-11-19-39(36)48(47,3)4/h5,7-23,26-27,30-31,37-38H,6,24-25H2,1-4H3. The lowest BCUT2D eigenvalue weighted by Crippen LogP contribution is -2.42. The van der Waals surface area contributed by atoms with Gasteiger partial charge < -0.3 is 0 Å². The predicted molar refractivity (Wildman–Crippen MR) is 211 cm³/mol. The molecule has 2 saturated carbocycles. The number of aliphatic imine (C=N–C) groups is 1. The van der Waals surface area contributed by atoms with E-state index in [0.29, 0.717) is 23.7 Å². The van der Waals surface area contributed by atoms with Gasteiger partial charge in [0.2, 0.25) is 0 Å². The van der Waals surface area contributed by atoms with Crippen molar-refractivity contribution >= 4 is 50.1 Å². The van der Waals surface area contributed by atoms with Gasteiger partial charge in [0.1, 0.15) is 5.84 Å². The third kappa shape index (κ3) is 3.88. The lowest BCUT2D eigenvalue weighted by atomic mass is 9.66. The maximum Gasteiger partial charge on any atom is 0.111 e. The molecule has 11 rings (SSSR count). The molecular formula is C48H42N2. The van der Waals surface area contributed by atoms with Crippen molar-refractivity contribution in [3.05, 3.63) is 142 Å². The molecule has 0 N–H and O–H groups in total. The molecule has 1 heterocycles. The molecule has 2 nitrogen and oxygen atoms in total. The monoisotopic (exact) mass is 646 g/mol. The van der Waals surface area contributed by atoms with Gasteiger partial charge in [-0.25, -0.2) is 4.99 Å². The van der Waals surface area contributed by atoms with E-state index in [-0.39, 0.29) is 5.41 Å². The maximum atomic E-state index is 5.60. The Hall–Kier alpha value is -4.95. The summed E-state index contributed by atoms with van der Waals surface area (Å²) >= 11 is 0. The molecule has 0 radical (unpaired) electrons. The van der Waals surface area contributed by atoms with Crippen LogP contribution in [0.25, 0.3) is 55.4 Å². The molecule has 244 valence electrons. The highest BCUT2D eigenvalue weighted by Crippen LogP contribution is 2.57. The van der Waals surface area contributed by atoms with Crippen LogP contribution in [-0.4, -0.2) is 10.4 Å². The molecule has 0 saturated heterocycles. The highest BCUT2D eigenvalue weighted by molar-refractivity contribution is 6.27. The number of allylic oxidation sites excluding steroid dienone is 9. The molecule has 5 aromatic rings. The van der Waals surface area contributed by atoms with Crippen molar-refractivity contribution in [1.82, 2.24) is 4.57 Å². The maximum absolute atomic E-state index is 5.60. The Morgan fingerprint density at radius 1 is 0.880 bits per heavy atom. The summed E-state index contributed by atoms with van der Waals surface area (Å²) < 4.78 is 2.49. The lowest BCUT2D eigenvalue weighted by Gasteiger charge is -2.37. The Bertz CT molecular complexity index is 2700. The van der Waals surface area contributed by atoms with Crippen molar-refractivity contribution in [3.8, 4) is 11.1 Å². The summed E-state index contributed by atoms with van der Waals surface area (Å²) in [6, 6.07) is 25.4. The topological polar surface area (TPSA) is 17.3 Å². The van der Waals surface area contributed by atoms with E-state index in [9.17, 15) is 0 Å². The van der Waals surface area contributed by atoms with Gasteiger partial charge in [0.25, 0.3) is 0 Å². The minimum atomic E-state index is 0.000466. The average Bonchev–Trinajstić information content (AvgIpc) is 4.05. The quantitative estimate of drug-likeness (QED) is 0.137. The fourth-order valence-electron chi connectivity index (χ4n) is 10.6. The molecule has 1 aromatic heterocycles. The van der Waals surface area contributed by atoms with E-state index in [2.05, 4.69) is 148 Å². The lowest BCUT2D eigenvalue weighted by molar-refractivity contribution is 0.645. The summed E-state index contributed by atoms with van der Waals surface area (Å²) in [5.74, 6) is 4.08. The Balaban J connectivity index is 1.22. The fraction of sp³-hybridized carbons (Fsp3) is 0.271. The fourth-order valence-corrected chi connectivity index (χ4v) is 10.6. The number of benzene rings is 4. The van der Waals surface area contributed by atoms with Crippen LogP contribution in [0.4, 0.5) is 0 Å². The molecule has 6 aliphatic carbocycles. The number of rotatable bonds is 3. The molecular weight excluding hydrogens is 605 g/mol. The van der Waals surface area contributed by atoms with Crippen molar-refractivity contribution < 1.29 is 0 Å². The van der Waals surface area contributed by atoms with Crippen molar-refractivity contribution in [2.24, 2.45) is 34.6 Å². The molecule has 2 heteroatoms. The van der Waals surface area contributed by atoms with E-state index in [4.69, 9.17) is 4.99 Å². The van der Waals surface area contributed by atoms with Crippen LogP contribution >= 0.6 is 0 Å². The molecule has 0 spiro atoms. The number of aromatic nitrogens is 1. The highest BCUT2D eigenvalue weighted by Gasteiger charge is 2.49. The number of fused-ring (bicyclic) bond motifs is 11. The summed E-state index contributed by atoms with van der Waals surface area (Å²) in [4.78, 5) is 5.60. The van der Waals surface area contributed by atoms with Gasteiger partial charge >= 0.3 is 0 Å². The zero-order valence-electron chi connectivity index (χ0n) is 29.4. The van der Waals surface area contributed by atoms with Gasteiger partial charge in [-0.2, -0.15) is 0 Å². The first-order chi connectivity index (χ1) is 24.4. The van der Waals surface area contributed by atoms with Gasteiger partial charge in [-0.05, 0) is 117 Å². The van der Waals surface area contributed by atoms with Crippen LogP contribution in [-0.2, 0) is 5.41 Å². The van der Waals surface area contributed by atoms with E-state index < -0.39 is 0 Å². The van der Waals surface area contributed by atoms with Crippen molar-refractivity contribution in [1.29, 1.82) is 0 Å². The molecule has 5 atom stereocenters. The summed E-state index contributed by atoms with van der Waals surface area (Å²) in [7, 11) is 0. The van der Waals surface area contributed by atoms with Gasteiger partial charge in [-0.15, -0.1) is 0 Å². The minimum absolute atomic E-state index is 0.000466. The second kappa shape index (κ2) is 10.1. The Labute approximate surface area is 293 Å². The molecule has 0 bridgehead atoms. The van der Waals surface area contributed by atoms with Crippen LogP contribution in [0, 0.1) is 29.6 Å². The number of nitrogens with zero attached hydrogens (tertiary/aromatic N) is 2. The van der Waals surface area contributed by atoms with Gasteiger partial charge in [-0.3, -0.25) is 4.57 Å². The normalized spacial score (nSPS) is 25.9. The van der Waals surface area contributed by atoms with Crippen LogP contribution < -0.4 is 10.4 Å². The first-order valence-corrected chi connectivity index (χ1v) is 18.8. The Kier molecular flexibility index (Phi) is 5.81. The number of hydrogen-bond donors (Lipinski definition) is 0. The number of hydrogen-bond acceptors (Lipinski definition) is 1. The molecule has 0 aliphatic heterocycles. The molecule has 2 fully saturated rings. The van der Waals surface area contributed by atoms with Crippen LogP contribution in [0.3, 0.4) is 0 Å². The van der Waals surface area contributed by atoms with E-state index >= 15 is 0 Å². The summed E-state index contributed by atoms with van der Waals surface area (Å²) in [6.07, 6.45) is 22.3. The Morgan fingerprint density at radius 3 is 2.64 bits per heavy atom. The Morgan fingerprint density at radius 2 is 1.72 bits per heavy atom. The highest BCUT2D eigenvalue weighted by atomic mass is 15.1. The molecule has 5 unspecified atom stereocenters. The van der Waals surface area contributed by atoms with Crippen LogP contribution in [0.1, 0.15) is 52.5 Å². The SMILES string of the molecule is CC(=NC1=CC=CCC=C1C(C)C1=CC=CC2CC12)n1c2cc3c4c(c2c2c5ccccc5ccc21)-c1ccccc1C(C)(C)C=4C1CC1C=3. The van der Waals surface area contributed by atoms with E-state index in [1.807, 2.05) is 0 Å². The largest absolute Gasteiger partial charge is 0.297 e. The third-order valence-electron chi connectivity index (χ3n) is 13.0. The summed E-state index contributed by atoms with van der Waals surface area (Å²) in [5.41, 5.74) is 12.4. The van der Waals surface area contributed by atoms with Gasteiger partial charge in [0.15, 0.2) is 0 Å². The first-order valence-electron chi connectivity index (χ1n) is 18.8. The van der Waals surface area contributed by atoms with E-state index in [1.54, 1.807) is 11.1 Å². The zero-order chi connectivity index (χ0) is 33.5. The van der Waals surface area contributed by atoms with Crippen LogP contribution in [0.2, 0.25) is 0 Å². The van der Waals surface area contributed by atoms with Crippen LogP contribution in [0.5, 0.6) is 0 Å². The molecule has 4 aromatic carbocycles. The van der Waals surface area contributed by atoms with Gasteiger partial charge in [-0.1, -0.05) is 123 Å². The minimum Gasteiger partial charge on any atom is -0.297 e. The molecule has 0 amide bonds. The van der Waals surface area contributed by atoms with Gasteiger partial charge in [0.05, 0.1) is 16.7 Å². The van der Waals surface area contributed by atoms with E-state index in [1.165, 1.54) is 78.1 Å². The smallest absolute Gasteiger partial charge is 0.111 e. The third-order valence-corrected chi connectivity index (χ3v) is 13.0. The molecule has 6 aliphatic rings. The van der Waals surface area contributed by atoms with Crippen molar-refractivity contribution in [2.45, 2.75) is 52.4 Å². The zero-order valence-corrected chi connectivity index (χ0v) is 29.4. The van der Waals surface area contributed by atoms with E-state index in [0.717, 1.165) is 23.9 Å². The summed E-state index contributed by atoms with van der Waals surface area (Å²) in [5, 5.41) is 8.22. The first kappa shape index (κ1) is 28.8. The van der Waals surface area contributed by atoms with Gasteiger partial charge in [0, 0.05) is 22.1 Å². The average molecular weight is 647 g/mol. The predicted octanol–water partition coefficient (Wildman–Crippen LogP) is 10.3. The van der Waals surface area contributed by atoms with Crippen molar-refractivity contribution in [2.75, 3.05) is 0 Å². The van der Waals surface area contributed by atoms with Crippen LogP contribution in [0.15, 0.2) is 131 Å². The summed E-state index contributed by atoms with van der Waals surface area (Å²) in [6.45, 7) is 9.57. The second-order valence-corrected chi connectivity index (χ2v) is 16.2. The second-order valence-electron chi connectivity index (χ2n) is 16.2. The van der Waals surface area contributed by atoms with Crippen molar-refractivity contribution in [3.63, 3.8) is 0 Å².